The Labute approximate surface area is 54.3 Å². The molecule has 1 atom stereocenters. The van der Waals surface area contributed by atoms with E-state index in [4.69, 9.17) is 5.11 Å². The van der Waals surface area contributed by atoms with Gasteiger partial charge in [0.05, 0.1) is 11.1 Å². The normalized spacial score (nSPS) is 31.6. The molecule has 9 heavy (non-hydrogen) atoms. The molecule has 0 aromatic rings. The SMILES string of the molecule is CC1=NOC(O)C1(C)C. The number of nitrogens with zero attached hydrogens (tertiary/aromatic N) is 1. The molecule has 1 unspecified atom stereocenters. The van der Waals surface area contributed by atoms with Crippen LogP contribution in [0, 0.1) is 5.41 Å². The molecule has 1 N–H and O–H groups in total. The summed E-state index contributed by atoms with van der Waals surface area (Å²) in [6.45, 7) is 5.63. The molecule has 0 saturated carbocycles. The highest BCUT2D eigenvalue weighted by Crippen LogP contribution is 2.28. The van der Waals surface area contributed by atoms with E-state index in [0.29, 0.717) is 0 Å². The van der Waals surface area contributed by atoms with E-state index in [-0.39, 0.29) is 5.41 Å². The predicted octanol–water partition coefficient (Wildman–Crippen LogP) is 0.737. The summed E-state index contributed by atoms with van der Waals surface area (Å²) >= 11 is 0. The number of oxime groups is 1. The molecule has 1 heterocycles. The maximum atomic E-state index is 9.09. The van der Waals surface area contributed by atoms with Crippen LogP contribution in [0.25, 0.3) is 0 Å². The standard InChI is InChI=1S/C6H11NO2/c1-4-6(2,3)5(8)9-7-4/h5,8H,1-3H3. The van der Waals surface area contributed by atoms with Gasteiger partial charge >= 0.3 is 0 Å². The van der Waals surface area contributed by atoms with Gasteiger partial charge in [-0.3, -0.25) is 0 Å². The van der Waals surface area contributed by atoms with Crippen LogP contribution in [0.3, 0.4) is 0 Å². The fourth-order valence-electron chi connectivity index (χ4n) is 0.557. The van der Waals surface area contributed by atoms with Gasteiger partial charge in [-0.2, -0.15) is 0 Å². The third-order valence-corrected chi connectivity index (χ3v) is 1.84. The van der Waals surface area contributed by atoms with E-state index in [9.17, 15) is 0 Å². The Morgan fingerprint density at radius 3 is 2.33 bits per heavy atom. The van der Waals surface area contributed by atoms with E-state index in [2.05, 4.69) is 9.99 Å². The fraction of sp³-hybridized carbons (Fsp3) is 0.833. The molecule has 0 aromatic carbocycles. The first-order valence-corrected chi connectivity index (χ1v) is 2.94. The monoisotopic (exact) mass is 129 g/mol. The van der Waals surface area contributed by atoms with Crippen LogP contribution in [-0.2, 0) is 4.84 Å². The molecule has 0 radical (unpaired) electrons. The third kappa shape index (κ3) is 0.812. The third-order valence-electron chi connectivity index (χ3n) is 1.84. The van der Waals surface area contributed by atoms with Crippen LogP contribution in [0.15, 0.2) is 5.16 Å². The van der Waals surface area contributed by atoms with Crippen molar-refractivity contribution < 1.29 is 9.94 Å². The zero-order valence-corrected chi connectivity index (χ0v) is 5.88. The second-order valence-corrected chi connectivity index (χ2v) is 2.86. The molecule has 0 amide bonds. The van der Waals surface area contributed by atoms with Crippen molar-refractivity contribution in [1.82, 2.24) is 0 Å². The van der Waals surface area contributed by atoms with Gasteiger partial charge in [0.25, 0.3) is 0 Å². The Morgan fingerprint density at radius 1 is 1.67 bits per heavy atom. The molecule has 52 valence electrons. The van der Waals surface area contributed by atoms with Crippen LogP contribution in [0.2, 0.25) is 0 Å². The Morgan fingerprint density at radius 2 is 2.22 bits per heavy atom. The van der Waals surface area contributed by atoms with Crippen LogP contribution in [-0.4, -0.2) is 17.1 Å². The highest BCUT2D eigenvalue weighted by Gasteiger charge is 2.38. The maximum absolute atomic E-state index is 9.09. The molecule has 0 aliphatic carbocycles. The van der Waals surface area contributed by atoms with Crippen molar-refractivity contribution in [3.05, 3.63) is 0 Å². The molecule has 1 aliphatic rings. The Bertz CT molecular complexity index is 151. The van der Waals surface area contributed by atoms with Gasteiger partial charge in [-0.25, -0.2) is 0 Å². The minimum absolute atomic E-state index is 0.306. The lowest BCUT2D eigenvalue weighted by molar-refractivity contribution is -0.121. The topological polar surface area (TPSA) is 41.8 Å². The number of hydrogen-bond donors (Lipinski definition) is 1. The smallest absolute Gasteiger partial charge is 0.234 e. The van der Waals surface area contributed by atoms with Crippen molar-refractivity contribution in [2.45, 2.75) is 27.1 Å². The lowest BCUT2D eigenvalue weighted by atomic mass is 9.88. The quantitative estimate of drug-likeness (QED) is 0.524. The molecular weight excluding hydrogens is 118 g/mol. The Kier molecular flexibility index (Phi) is 1.24. The lowest BCUT2D eigenvalue weighted by Gasteiger charge is -2.18. The average Bonchev–Trinajstić information content (AvgIpc) is 1.96. The number of aliphatic hydroxyl groups excluding tert-OH is 1. The molecule has 0 saturated heterocycles. The second-order valence-electron chi connectivity index (χ2n) is 2.86. The van der Waals surface area contributed by atoms with Gasteiger partial charge in [0.15, 0.2) is 0 Å². The van der Waals surface area contributed by atoms with E-state index < -0.39 is 6.29 Å². The number of rotatable bonds is 0. The maximum Gasteiger partial charge on any atom is 0.234 e. The van der Waals surface area contributed by atoms with Crippen molar-refractivity contribution in [1.29, 1.82) is 0 Å². The van der Waals surface area contributed by atoms with E-state index in [1.54, 1.807) is 0 Å². The molecule has 3 heteroatoms. The second kappa shape index (κ2) is 1.70. The van der Waals surface area contributed by atoms with Gasteiger partial charge < -0.3 is 9.94 Å². The molecule has 0 fully saturated rings. The summed E-state index contributed by atoms with van der Waals surface area (Å²) in [6, 6.07) is 0. The zero-order valence-electron chi connectivity index (χ0n) is 5.88. The first-order chi connectivity index (χ1) is 4.05. The van der Waals surface area contributed by atoms with Gasteiger partial charge in [-0.15, -0.1) is 0 Å². The molecular formula is C6H11NO2. The minimum Gasteiger partial charge on any atom is -0.363 e. The van der Waals surface area contributed by atoms with Gasteiger partial charge in [0.1, 0.15) is 0 Å². The van der Waals surface area contributed by atoms with Crippen molar-refractivity contribution in [3.8, 4) is 0 Å². The van der Waals surface area contributed by atoms with Gasteiger partial charge in [-0.1, -0.05) is 5.16 Å². The molecule has 3 nitrogen and oxygen atoms in total. The summed E-state index contributed by atoms with van der Waals surface area (Å²) < 4.78 is 0. The summed E-state index contributed by atoms with van der Waals surface area (Å²) in [6.07, 6.45) is -0.766. The van der Waals surface area contributed by atoms with Crippen LogP contribution in [0.1, 0.15) is 20.8 Å². The molecule has 0 bridgehead atoms. The summed E-state index contributed by atoms with van der Waals surface area (Å²) in [4.78, 5) is 4.62. The largest absolute Gasteiger partial charge is 0.363 e. The molecule has 0 aromatic heterocycles. The van der Waals surface area contributed by atoms with E-state index in [0.717, 1.165) is 5.71 Å². The average molecular weight is 129 g/mol. The van der Waals surface area contributed by atoms with Gasteiger partial charge in [-0.05, 0) is 20.8 Å². The molecule has 1 rings (SSSR count). The van der Waals surface area contributed by atoms with E-state index in [1.807, 2.05) is 20.8 Å². The van der Waals surface area contributed by atoms with Crippen molar-refractivity contribution in [2.75, 3.05) is 0 Å². The minimum atomic E-state index is -0.766. The van der Waals surface area contributed by atoms with Gasteiger partial charge in [0.2, 0.25) is 6.29 Å². The predicted molar refractivity (Wildman–Crippen MR) is 34.0 cm³/mol. The summed E-state index contributed by atoms with van der Waals surface area (Å²) in [5.41, 5.74) is 0.537. The van der Waals surface area contributed by atoms with Crippen molar-refractivity contribution >= 4 is 5.71 Å². The number of hydrogen-bond acceptors (Lipinski definition) is 3. The number of aliphatic hydroxyl groups is 1. The van der Waals surface area contributed by atoms with Crippen LogP contribution < -0.4 is 0 Å². The first-order valence-electron chi connectivity index (χ1n) is 2.94. The Balaban J connectivity index is 2.81. The van der Waals surface area contributed by atoms with Gasteiger partial charge in [0, 0.05) is 0 Å². The fourth-order valence-corrected chi connectivity index (χ4v) is 0.557. The van der Waals surface area contributed by atoms with E-state index in [1.165, 1.54) is 0 Å². The molecule has 0 spiro atoms. The van der Waals surface area contributed by atoms with Crippen LogP contribution >= 0.6 is 0 Å². The summed E-state index contributed by atoms with van der Waals surface area (Å²) in [7, 11) is 0. The van der Waals surface area contributed by atoms with Crippen molar-refractivity contribution in [2.24, 2.45) is 10.6 Å². The van der Waals surface area contributed by atoms with E-state index >= 15 is 0 Å². The lowest BCUT2D eigenvalue weighted by Crippen LogP contribution is -2.30. The van der Waals surface area contributed by atoms with Crippen LogP contribution in [0.5, 0.6) is 0 Å². The van der Waals surface area contributed by atoms with Crippen molar-refractivity contribution in [3.63, 3.8) is 0 Å². The summed E-state index contributed by atoms with van der Waals surface area (Å²) in [5, 5.41) is 12.7. The highest BCUT2D eigenvalue weighted by molar-refractivity contribution is 5.88. The van der Waals surface area contributed by atoms with Crippen LogP contribution in [0.4, 0.5) is 0 Å². The summed E-state index contributed by atoms with van der Waals surface area (Å²) in [5.74, 6) is 0. The molecule has 1 aliphatic heterocycles. The Hall–Kier alpha value is -0.570. The first kappa shape index (κ1) is 6.55. The zero-order chi connectivity index (χ0) is 7.07. The highest BCUT2D eigenvalue weighted by atomic mass is 16.7.